The zero-order valence-electron chi connectivity index (χ0n) is 12.4. The molecule has 0 bridgehead atoms. The number of ether oxygens (including phenoxy) is 1. The normalized spacial score (nSPS) is 21.3. The molecule has 2 N–H and O–H groups in total. The fourth-order valence-electron chi connectivity index (χ4n) is 2.02. The van der Waals surface area contributed by atoms with Crippen LogP contribution < -0.4 is 4.72 Å². The number of aliphatic hydroxyl groups excluding tert-OH is 1. The zero-order chi connectivity index (χ0) is 15.9. The van der Waals surface area contributed by atoms with Gasteiger partial charge in [0.15, 0.2) is 0 Å². The van der Waals surface area contributed by atoms with Crippen molar-refractivity contribution in [1.82, 2.24) is 9.62 Å². The van der Waals surface area contributed by atoms with Crippen LogP contribution in [0.3, 0.4) is 0 Å². The van der Waals surface area contributed by atoms with Crippen LogP contribution in [0.1, 0.15) is 13.3 Å². The van der Waals surface area contributed by atoms with Crippen LogP contribution >= 0.6 is 11.8 Å². The minimum absolute atomic E-state index is 0.0571. The molecule has 0 saturated carbocycles. The highest BCUT2D eigenvalue weighted by Crippen LogP contribution is 2.11. The fraction of sp³-hybridized carbons (Fsp3) is 0.917. The molecule has 0 spiro atoms. The molecule has 2 unspecified atom stereocenters. The second-order valence-electron chi connectivity index (χ2n) is 4.81. The third-order valence-corrected chi connectivity index (χ3v) is 5.31. The summed E-state index contributed by atoms with van der Waals surface area (Å²) < 4.78 is 31.2. The number of hydrogen-bond acceptors (Lipinski definition) is 6. The largest absolute Gasteiger partial charge is 0.394 e. The minimum atomic E-state index is -3.44. The summed E-state index contributed by atoms with van der Waals surface area (Å²) in [5.74, 6) is 0.386. The highest BCUT2D eigenvalue weighted by atomic mass is 32.2. The van der Waals surface area contributed by atoms with Crippen molar-refractivity contribution in [2.75, 3.05) is 44.1 Å². The van der Waals surface area contributed by atoms with E-state index >= 15 is 0 Å². The third-order valence-electron chi connectivity index (χ3n) is 3.26. The van der Waals surface area contributed by atoms with E-state index in [-0.39, 0.29) is 18.3 Å². The Morgan fingerprint density at radius 1 is 1.57 bits per heavy atom. The van der Waals surface area contributed by atoms with Crippen molar-refractivity contribution >= 4 is 27.7 Å². The van der Waals surface area contributed by atoms with Crippen molar-refractivity contribution in [2.45, 2.75) is 25.5 Å². The molecule has 0 radical (unpaired) electrons. The molecule has 0 aromatic carbocycles. The molecule has 1 rings (SSSR count). The third kappa shape index (κ3) is 6.11. The Morgan fingerprint density at radius 3 is 2.86 bits per heavy atom. The maximum Gasteiger partial charge on any atom is 0.240 e. The van der Waals surface area contributed by atoms with Crippen molar-refractivity contribution in [3.8, 4) is 0 Å². The Bertz CT molecular complexity index is 429. The smallest absolute Gasteiger partial charge is 0.240 e. The second kappa shape index (κ2) is 8.94. The average molecular weight is 340 g/mol. The molecule has 1 fully saturated rings. The Kier molecular flexibility index (Phi) is 7.96. The first-order chi connectivity index (χ1) is 9.93. The van der Waals surface area contributed by atoms with Crippen molar-refractivity contribution in [1.29, 1.82) is 0 Å². The summed E-state index contributed by atoms with van der Waals surface area (Å²) in [6.45, 7) is 2.44. The molecule has 1 saturated heterocycles. The van der Waals surface area contributed by atoms with Crippen LogP contribution in [0.2, 0.25) is 0 Å². The lowest BCUT2D eigenvalue weighted by Crippen LogP contribution is -2.54. The van der Waals surface area contributed by atoms with E-state index in [9.17, 15) is 13.2 Å². The van der Waals surface area contributed by atoms with Crippen LogP contribution in [0.15, 0.2) is 0 Å². The van der Waals surface area contributed by atoms with Crippen LogP contribution in [-0.4, -0.2) is 80.5 Å². The van der Waals surface area contributed by atoms with Gasteiger partial charge in [0.2, 0.25) is 15.9 Å². The van der Waals surface area contributed by atoms with E-state index in [0.717, 1.165) is 0 Å². The summed E-state index contributed by atoms with van der Waals surface area (Å²) in [5.41, 5.74) is 0. The highest BCUT2D eigenvalue weighted by molar-refractivity contribution is 7.98. The Labute approximate surface area is 130 Å². The Morgan fingerprint density at radius 2 is 2.29 bits per heavy atom. The van der Waals surface area contributed by atoms with E-state index in [2.05, 4.69) is 4.72 Å². The highest BCUT2D eigenvalue weighted by Gasteiger charge is 2.30. The van der Waals surface area contributed by atoms with Crippen molar-refractivity contribution < 1.29 is 23.1 Å². The van der Waals surface area contributed by atoms with Gasteiger partial charge in [-0.05, 0) is 25.4 Å². The molecular weight excluding hydrogens is 316 g/mol. The summed E-state index contributed by atoms with van der Waals surface area (Å²) >= 11 is 1.56. The fourth-order valence-corrected chi connectivity index (χ4v) is 3.31. The van der Waals surface area contributed by atoms with E-state index in [1.54, 1.807) is 16.7 Å². The number of carbonyl (C=O) groups is 1. The summed E-state index contributed by atoms with van der Waals surface area (Å²) in [6, 6.07) is -0.750. The van der Waals surface area contributed by atoms with Gasteiger partial charge in [-0.2, -0.15) is 11.8 Å². The van der Waals surface area contributed by atoms with Crippen LogP contribution in [0.5, 0.6) is 0 Å². The van der Waals surface area contributed by atoms with E-state index in [4.69, 9.17) is 9.84 Å². The standard InChI is InChI=1S/C12H24N2O5S2/c1-3-21(17,18)13-11(4-7-20-2)12(16)14-5-6-19-10(8-14)9-15/h10-11,13,15H,3-9H2,1-2H3. The molecular formula is C12H24N2O5S2. The molecule has 124 valence electrons. The minimum Gasteiger partial charge on any atom is -0.394 e. The van der Waals surface area contributed by atoms with E-state index < -0.39 is 22.2 Å². The van der Waals surface area contributed by atoms with Crippen molar-refractivity contribution in [3.05, 3.63) is 0 Å². The SMILES string of the molecule is CCS(=O)(=O)NC(CCSC)C(=O)N1CCOC(CO)C1. The van der Waals surface area contributed by atoms with Gasteiger partial charge >= 0.3 is 0 Å². The molecule has 0 aromatic rings. The van der Waals surface area contributed by atoms with Crippen molar-refractivity contribution in [3.63, 3.8) is 0 Å². The first-order valence-corrected chi connectivity index (χ1v) is 9.98. The molecule has 1 aliphatic rings. The van der Waals surface area contributed by atoms with Crippen LogP contribution in [0, 0.1) is 0 Å². The number of morpholine rings is 1. The number of sulfonamides is 1. The predicted molar refractivity (Wildman–Crippen MR) is 82.8 cm³/mol. The van der Waals surface area contributed by atoms with Crippen LogP contribution in [0.4, 0.5) is 0 Å². The number of nitrogens with one attached hydrogen (secondary N) is 1. The van der Waals surface area contributed by atoms with E-state index in [0.29, 0.717) is 31.9 Å². The summed E-state index contributed by atoms with van der Waals surface area (Å²) in [4.78, 5) is 14.1. The molecule has 1 amide bonds. The van der Waals surface area contributed by atoms with Gasteiger partial charge in [0, 0.05) is 13.1 Å². The van der Waals surface area contributed by atoms with Crippen LogP contribution in [0.25, 0.3) is 0 Å². The maximum atomic E-state index is 12.5. The lowest BCUT2D eigenvalue weighted by atomic mass is 10.2. The molecule has 1 aliphatic heterocycles. The lowest BCUT2D eigenvalue weighted by Gasteiger charge is -2.34. The first-order valence-electron chi connectivity index (χ1n) is 6.93. The van der Waals surface area contributed by atoms with Gasteiger partial charge in [-0.1, -0.05) is 0 Å². The number of hydrogen-bond donors (Lipinski definition) is 2. The Hall–Kier alpha value is -0.350. The number of nitrogens with zero attached hydrogens (tertiary/aromatic N) is 1. The summed E-state index contributed by atoms with van der Waals surface area (Å²) in [6.07, 6.45) is 1.96. The summed E-state index contributed by atoms with van der Waals surface area (Å²) in [5, 5.41) is 9.12. The summed E-state index contributed by atoms with van der Waals surface area (Å²) in [7, 11) is -3.44. The van der Waals surface area contributed by atoms with Gasteiger partial charge in [-0.15, -0.1) is 0 Å². The Balaban J connectivity index is 2.74. The number of rotatable bonds is 8. The van der Waals surface area contributed by atoms with Gasteiger partial charge in [-0.3, -0.25) is 4.79 Å². The van der Waals surface area contributed by atoms with Crippen LogP contribution in [-0.2, 0) is 19.6 Å². The van der Waals surface area contributed by atoms with E-state index in [1.807, 2.05) is 6.26 Å². The number of amides is 1. The van der Waals surface area contributed by atoms with Crippen molar-refractivity contribution in [2.24, 2.45) is 0 Å². The number of carbonyl (C=O) groups excluding carboxylic acids is 1. The van der Waals surface area contributed by atoms with Gasteiger partial charge in [0.1, 0.15) is 6.04 Å². The molecule has 21 heavy (non-hydrogen) atoms. The maximum absolute atomic E-state index is 12.5. The van der Waals surface area contributed by atoms with Gasteiger partial charge in [0.05, 0.1) is 25.1 Å². The molecule has 2 atom stereocenters. The molecule has 9 heteroatoms. The van der Waals surface area contributed by atoms with E-state index in [1.165, 1.54) is 6.92 Å². The molecule has 0 aromatic heterocycles. The monoisotopic (exact) mass is 340 g/mol. The van der Waals surface area contributed by atoms with Gasteiger partial charge in [-0.25, -0.2) is 13.1 Å². The molecule has 7 nitrogen and oxygen atoms in total. The second-order valence-corrected chi connectivity index (χ2v) is 7.84. The average Bonchev–Trinajstić information content (AvgIpc) is 2.50. The number of aliphatic hydroxyl groups is 1. The predicted octanol–water partition coefficient (Wildman–Crippen LogP) is -0.733. The quantitative estimate of drug-likeness (QED) is 0.605. The number of thioether (sulfide) groups is 1. The lowest BCUT2D eigenvalue weighted by molar-refractivity contribution is -0.142. The molecule has 0 aliphatic carbocycles. The molecule has 1 heterocycles. The first kappa shape index (κ1) is 18.7. The van der Waals surface area contributed by atoms with Gasteiger partial charge in [0.25, 0.3) is 0 Å². The zero-order valence-corrected chi connectivity index (χ0v) is 14.1. The van der Waals surface area contributed by atoms with Gasteiger partial charge < -0.3 is 14.7 Å². The topological polar surface area (TPSA) is 95.9 Å².